The van der Waals surface area contributed by atoms with Crippen LogP contribution in [0.25, 0.3) is 10.8 Å². The topological polar surface area (TPSA) is 12.0 Å². The highest BCUT2D eigenvalue weighted by Gasteiger charge is 1.95. The molecule has 74 valence electrons. The molecule has 0 aromatic heterocycles. The molecule has 0 aliphatic rings. The zero-order chi connectivity index (χ0) is 10.5. The van der Waals surface area contributed by atoms with Crippen molar-refractivity contribution in [2.45, 2.75) is 0 Å². The molecule has 0 aliphatic carbocycles. The SMILES string of the molecule is CNCC#Cc1cccc2ccccc12. The number of nitrogens with one attached hydrogen (secondary N) is 1. The molecule has 0 fully saturated rings. The smallest absolute Gasteiger partial charge is 0.0577 e. The molecule has 2 rings (SSSR count). The van der Waals surface area contributed by atoms with Gasteiger partial charge >= 0.3 is 0 Å². The number of rotatable bonds is 1. The van der Waals surface area contributed by atoms with Crippen LogP contribution >= 0.6 is 0 Å². The molecule has 0 heterocycles. The summed E-state index contributed by atoms with van der Waals surface area (Å²) in [4.78, 5) is 0. The van der Waals surface area contributed by atoms with Crippen LogP contribution in [-0.2, 0) is 0 Å². The first kappa shape index (κ1) is 9.76. The fourth-order valence-corrected chi connectivity index (χ4v) is 1.56. The van der Waals surface area contributed by atoms with Gasteiger partial charge in [-0.15, -0.1) is 0 Å². The van der Waals surface area contributed by atoms with E-state index in [1.54, 1.807) is 0 Å². The third kappa shape index (κ3) is 2.18. The third-order valence-corrected chi connectivity index (χ3v) is 2.28. The summed E-state index contributed by atoms with van der Waals surface area (Å²) in [5, 5.41) is 5.48. The van der Waals surface area contributed by atoms with Crippen LogP contribution in [0.3, 0.4) is 0 Å². The maximum atomic E-state index is 3.18. The first-order chi connectivity index (χ1) is 7.42. The van der Waals surface area contributed by atoms with Crippen molar-refractivity contribution in [1.82, 2.24) is 5.32 Å². The Kier molecular flexibility index (Phi) is 3.02. The molecule has 0 unspecified atom stereocenters. The van der Waals surface area contributed by atoms with Crippen molar-refractivity contribution in [3.8, 4) is 11.8 Å². The van der Waals surface area contributed by atoms with E-state index in [2.05, 4.69) is 41.4 Å². The molecule has 1 N–H and O–H groups in total. The Hall–Kier alpha value is -1.78. The van der Waals surface area contributed by atoms with Crippen molar-refractivity contribution in [3.05, 3.63) is 48.0 Å². The van der Waals surface area contributed by atoms with Gasteiger partial charge < -0.3 is 5.32 Å². The van der Waals surface area contributed by atoms with E-state index in [0.717, 1.165) is 12.1 Å². The molecule has 0 radical (unpaired) electrons. The molecule has 0 saturated carbocycles. The van der Waals surface area contributed by atoms with Gasteiger partial charge in [-0.3, -0.25) is 0 Å². The molecule has 0 atom stereocenters. The Bertz CT molecular complexity index is 512. The number of hydrogen-bond donors (Lipinski definition) is 1. The van der Waals surface area contributed by atoms with E-state index in [0.29, 0.717) is 0 Å². The van der Waals surface area contributed by atoms with E-state index < -0.39 is 0 Å². The van der Waals surface area contributed by atoms with E-state index in [4.69, 9.17) is 0 Å². The molecule has 0 saturated heterocycles. The van der Waals surface area contributed by atoms with E-state index >= 15 is 0 Å². The summed E-state index contributed by atoms with van der Waals surface area (Å²) in [6, 6.07) is 14.5. The number of fused-ring (bicyclic) bond motifs is 1. The summed E-state index contributed by atoms with van der Waals surface area (Å²) < 4.78 is 0. The van der Waals surface area contributed by atoms with Crippen molar-refractivity contribution < 1.29 is 0 Å². The standard InChI is InChI=1S/C14H13N/c1-15-11-5-9-13-8-4-7-12-6-2-3-10-14(12)13/h2-4,6-8,10,15H,11H2,1H3. The quantitative estimate of drug-likeness (QED) is 0.689. The van der Waals surface area contributed by atoms with E-state index in [-0.39, 0.29) is 0 Å². The van der Waals surface area contributed by atoms with Gasteiger partial charge in [0.15, 0.2) is 0 Å². The zero-order valence-corrected chi connectivity index (χ0v) is 8.75. The minimum absolute atomic E-state index is 0.725. The first-order valence-corrected chi connectivity index (χ1v) is 5.03. The van der Waals surface area contributed by atoms with Crippen LogP contribution in [0, 0.1) is 11.8 Å². The summed E-state index contributed by atoms with van der Waals surface area (Å²) in [6.45, 7) is 0.725. The Morgan fingerprint density at radius 3 is 2.73 bits per heavy atom. The van der Waals surface area contributed by atoms with Gasteiger partial charge in [0.25, 0.3) is 0 Å². The lowest BCUT2D eigenvalue weighted by Gasteiger charge is -1.99. The highest BCUT2D eigenvalue weighted by atomic mass is 14.8. The average molecular weight is 195 g/mol. The van der Waals surface area contributed by atoms with Crippen LogP contribution in [0.5, 0.6) is 0 Å². The van der Waals surface area contributed by atoms with Gasteiger partial charge in [-0.1, -0.05) is 48.2 Å². The molecule has 0 bridgehead atoms. The summed E-state index contributed by atoms with van der Waals surface area (Å²) in [5.74, 6) is 6.26. The van der Waals surface area contributed by atoms with Crippen molar-refractivity contribution in [2.24, 2.45) is 0 Å². The molecule has 15 heavy (non-hydrogen) atoms. The fraction of sp³-hybridized carbons (Fsp3) is 0.143. The van der Waals surface area contributed by atoms with Gasteiger partial charge in [-0.2, -0.15) is 0 Å². The Morgan fingerprint density at radius 2 is 1.87 bits per heavy atom. The van der Waals surface area contributed by atoms with E-state index in [1.807, 2.05) is 25.2 Å². The van der Waals surface area contributed by atoms with Gasteiger partial charge in [0.2, 0.25) is 0 Å². The van der Waals surface area contributed by atoms with Crippen LogP contribution < -0.4 is 5.32 Å². The minimum Gasteiger partial charge on any atom is -0.309 e. The first-order valence-electron chi connectivity index (χ1n) is 5.03. The fourth-order valence-electron chi connectivity index (χ4n) is 1.56. The van der Waals surface area contributed by atoms with Gasteiger partial charge in [0, 0.05) is 5.56 Å². The minimum atomic E-state index is 0.725. The van der Waals surface area contributed by atoms with E-state index in [9.17, 15) is 0 Å². The summed E-state index contributed by atoms with van der Waals surface area (Å²) in [6.07, 6.45) is 0. The van der Waals surface area contributed by atoms with Crippen molar-refractivity contribution >= 4 is 10.8 Å². The van der Waals surface area contributed by atoms with Gasteiger partial charge in [0.1, 0.15) is 0 Å². The van der Waals surface area contributed by atoms with Gasteiger partial charge in [0.05, 0.1) is 6.54 Å². The second-order valence-electron chi connectivity index (χ2n) is 3.36. The average Bonchev–Trinajstić information content (AvgIpc) is 2.30. The summed E-state index contributed by atoms with van der Waals surface area (Å²) >= 11 is 0. The molecule has 0 amide bonds. The summed E-state index contributed by atoms with van der Waals surface area (Å²) in [7, 11) is 1.90. The van der Waals surface area contributed by atoms with Crippen LogP contribution in [0.4, 0.5) is 0 Å². The lowest BCUT2D eigenvalue weighted by atomic mass is 10.1. The highest BCUT2D eigenvalue weighted by Crippen LogP contribution is 2.17. The van der Waals surface area contributed by atoms with Crippen LogP contribution in [0.2, 0.25) is 0 Å². The van der Waals surface area contributed by atoms with Gasteiger partial charge in [-0.25, -0.2) is 0 Å². The lowest BCUT2D eigenvalue weighted by molar-refractivity contribution is 0.938. The maximum Gasteiger partial charge on any atom is 0.0577 e. The number of benzene rings is 2. The van der Waals surface area contributed by atoms with Crippen LogP contribution in [-0.4, -0.2) is 13.6 Å². The molecule has 1 nitrogen and oxygen atoms in total. The molecule has 1 heteroatoms. The predicted octanol–water partition coefficient (Wildman–Crippen LogP) is 2.41. The molecular weight excluding hydrogens is 182 g/mol. The molecular formula is C14H13N. The summed E-state index contributed by atoms with van der Waals surface area (Å²) in [5.41, 5.74) is 1.10. The Balaban J connectivity index is 2.48. The molecule has 2 aromatic rings. The Labute approximate surface area is 90.1 Å². The molecule has 0 aliphatic heterocycles. The van der Waals surface area contributed by atoms with Crippen LogP contribution in [0.1, 0.15) is 5.56 Å². The zero-order valence-electron chi connectivity index (χ0n) is 8.75. The second-order valence-corrected chi connectivity index (χ2v) is 3.36. The third-order valence-electron chi connectivity index (χ3n) is 2.28. The second kappa shape index (κ2) is 4.63. The Morgan fingerprint density at radius 1 is 1.07 bits per heavy atom. The van der Waals surface area contributed by atoms with Crippen molar-refractivity contribution in [2.75, 3.05) is 13.6 Å². The van der Waals surface area contributed by atoms with E-state index in [1.165, 1.54) is 10.8 Å². The highest BCUT2D eigenvalue weighted by molar-refractivity contribution is 5.88. The maximum absolute atomic E-state index is 3.18. The monoisotopic (exact) mass is 195 g/mol. The molecule has 2 aromatic carbocycles. The van der Waals surface area contributed by atoms with Gasteiger partial charge in [-0.05, 0) is 23.9 Å². The largest absolute Gasteiger partial charge is 0.309 e. The van der Waals surface area contributed by atoms with Crippen LogP contribution in [0.15, 0.2) is 42.5 Å². The molecule has 0 spiro atoms. The number of hydrogen-bond acceptors (Lipinski definition) is 1. The lowest BCUT2D eigenvalue weighted by Crippen LogP contribution is -2.04. The predicted molar refractivity (Wildman–Crippen MR) is 64.8 cm³/mol. The van der Waals surface area contributed by atoms with Crippen molar-refractivity contribution in [3.63, 3.8) is 0 Å². The van der Waals surface area contributed by atoms with Crippen molar-refractivity contribution in [1.29, 1.82) is 0 Å². The normalized spacial score (nSPS) is 9.67.